The number of aliphatic hydroxyl groups excluding tert-OH is 1. The molecule has 0 spiro atoms. The van der Waals surface area contributed by atoms with Gasteiger partial charge in [0.05, 0.1) is 17.9 Å². The van der Waals surface area contributed by atoms with Crippen LogP contribution in [-0.2, 0) is 0 Å². The molecule has 2 unspecified atom stereocenters. The molecule has 1 aromatic carbocycles. The van der Waals surface area contributed by atoms with Crippen molar-refractivity contribution in [3.8, 4) is 6.07 Å². The summed E-state index contributed by atoms with van der Waals surface area (Å²) in [5.41, 5.74) is 1.72. The number of hydrogen-bond acceptors (Lipinski definition) is 4. The maximum Gasteiger partial charge on any atom is 0.133 e. The van der Waals surface area contributed by atoms with Crippen LogP contribution in [0.4, 0.5) is 0 Å². The molecule has 0 radical (unpaired) electrons. The lowest BCUT2D eigenvalue weighted by Gasteiger charge is -2.16. The van der Waals surface area contributed by atoms with Gasteiger partial charge < -0.3 is 14.8 Å². The van der Waals surface area contributed by atoms with Crippen LogP contribution in [0, 0.1) is 11.3 Å². The zero-order valence-electron chi connectivity index (χ0n) is 10.7. The van der Waals surface area contributed by atoms with E-state index in [1.54, 1.807) is 30.5 Å². The summed E-state index contributed by atoms with van der Waals surface area (Å²) in [5, 5.41) is 21.9. The van der Waals surface area contributed by atoms with E-state index in [1.807, 2.05) is 19.1 Å². The Labute approximate surface area is 112 Å². The third-order valence-electron chi connectivity index (χ3n) is 3.03. The quantitative estimate of drug-likeness (QED) is 0.862. The SMILES string of the molecule is CC(NCC(O)c1ccco1)c1ccc(C#N)cc1. The Bertz CT molecular complexity index is 541. The van der Waals surface area contributed by atoms with Gasteiger partial charge in [-0.3, -0.25) is 0 Å². The van der Waals surface area contributed by atoms with Crippen molar-refractivity contribution in [1.29, 1.82) is 5.26 Å². The van der Waals surface area contributed by atoms with Gasteiger partial charge >= 0.3 is 0 Å². The predicted octanol–water partition coefficient (Wildman–Crippen LogP) is 2.54. The molecule has 0 saturated heterocycles. The normalized spacial score (nSPS) is 13.7. The lowest BCUT2D eigenvalue weighted by atomic mass is 10.1. The summed E-state index contributed by atoms with van der Waals surface area (Å²) in [6.45, 7) is 2.42. The average molecular weight is 256 g/mol. The molecule has 0 amide bonds. The summed E-state index contributed by atoms with van der Waals surface area (Å²) in [6, 6.07) is 13.1. The van der Waals surface area contributed by atoms with Gasteiger partial charge in [-0.15, -0.1) is 0 Å². The number of aliphatic hydroxyl groups is 1. The Balaban J connectivity index is 1.90. The fourth-order valence-electron chi connectivity index (χ4n) is 1.83. The van der Waals surface area contributed by atoms with Crippen molar-refractivity contribution in [2.45, 2.75) is 19.1 Å². The molecule has 0 aliphatic rings. The van der Waals surface area contributed by atoms with Crippen LogP contribution >= 0.6 is 0 Å². The molecule has 4 heteroatoms. The van der Waals surface area contributed by atoms with E-state index in [9.17, 15) is 5.11 Å². The van der Waals surface area contributed by atoms with Crippen LogP contribution in [0.2, 0.25) is 0 Å². The second-order valence-corrected chi connectivity index (χ2v) is 4.39. The molecule has 19 heavy (non-hydrogen) atoms. The second kappa shape index (κ2) is 6.19. The third-order valence-corrected chi connectivity index (χ3v) is 3.03. The molecule has 4 nitrogen and oxygen atoms in total. The van der Waals surface area contributed by atoms with Crippen molar-refractivity contribution < 1.29 is 9.52 Å². The zero-order chi connectivity index (χ0) is 13.7. The summed E-state index contributed by atoms with van der Waals surface area (Å²) in [7, 11) is 0. The van der Waals surface area contributed by atoms with Crippen molar-refractivity contribution in [2.24, 2.45) is 0 Å². The minimum absolute atomic E-state index is 0.0948. The van der Waals surface area contributed by atoms with Crippen LogP contribution in [-0.4, -0.2) is 11.7 Å². The van der Waals surface area contributed by atoms with E-state index in [1.165, 1.54) is 0 Å². The largest absolute Gasteiger partial charge is 0.467 e. The minimum Gasteiger partial charge on any atom is -0.467 e. The highest BCUT2D eigenvalue weighted by Crippen LogP contribution is 2.16. The number of benzene rings is 1. The van der Waals surface area contributed by atoms with Crippen molar-refractivity contribution in [1.82, 2.24) is 5.32 Å². The zero-order valence-corrected chi connectivity index (χ0v) is 10.7. The number of nitriles is 1. The first-order chi connectivity index (χ1) is 9.20. The van der Waals surface area contributed by atoms with Crippen molar-refractivity contribution in [3.63, 3.8) is 0 Å². The van der Waals surface area contributed by atoms with E-state index >= 15 is 0 Å². The number of rotatable bonds is 5. The summed E-state index contributed by atoms with van der Waals surface area (Å²) in [6.07, 6.45) is 0.888. The molecule has 2 N–H and O–H groups in total. The van der Waals surface area contributed by atoms with E-state index in [2.05, 4.69) is 11.4 Å². The first-order valence-electron chi connectivity index (χ1n) is 6.15. The van der Waals surface area contributed by atoms with Crippen LogP contribution in [0.5, 0.6) is 0 Å². The van der Waals surface area contributed by atoms with Crippen LogP contribution in [0.15, 0.2) is 47.1 Å². The Kier molecular flexibility index (Phi) is 4.35. The van der Waals surface area contributed by atoms with Gasteiger partial charge in [0.1, 0.15) is 11.9 Å². The number of nitrogens with zero attached hydrogens (tertiary/aromatic N) is 1. The third kappa shape index (κ3) is 3.44. The topological polar surface area (TPSA) is 69.2 Å². The number of furan rings is 1. The van der Waals surface area contributed by atoms with Crippen LogP contribution in [0.3, 0.4) is 0 Å². The number of hydrogen-bond donors (Lipinski definition) is 2. The highest BCUT2D eigenvalue weighted by Gasteiger charge is 2.12. The molecular weight excluding hydrogens is 240 g/mol. The fraction of sp³-hybridized carbons (Fsp3) is 0.267. The van der Waals surface area contributed by atoms with E-state index in [4.69, 9.17) is 9.68 Å². The van der Waals surface area contributed by atoms with Gasteiger partial charge in [0.2, 0.25) is 0 Å². The lowest BCUT2D eigenvalue weighted by molar-refractivity contribution is 0.144. The van der Waals surface area contributed by atoms with E-state index in [-0.39, 0.29) is 6.04 Å². The smallest absolute Gasteiger partial charge is 0.133 e. The maximum absolute atomic E-state index is 9.89. The Morgan fingerprint density at radius 3 is 2.63 bits per heavy atom. The van der Waals surface area contributed by atoms with Gasteiger partial charge in [0.15, 0.2) is 0 Å². The van der Waals surface area contributed by atoms with Gasteiger partial charge in [-0.1, -0.05) is 12.1 Å². The van der Waals surface area contributed by atoms with Gasteiger partial charge in [-0.2, -0.15) is 5.26 Å². The van der Waals surface area contributed by atoms with Crippen LogP contribution < -0.4 is 5.32 Å². The molecular formula is C15H16N2O2. The molecule has 0 saturated carbocycles. The predicted molar refractivity (Wildman–Crippen MR) is 71.2 cm³/mol. The highest BCUT2D eigenvalue weighted by molar-refractivity contribution is 5.32. The van der Waals surface area contributed by atoms with E-state index in [0.29, 0.717) is 17.9 Å². The van der Waals surface area contributed by atoms with E-state index < -0.39 is 6.10 Å². The number of nitrogens with one attached hydrogen (secondary N) is 1. The first kappa shape index (κ1) is 13.3. The summed E-state index contributed by atoms with van der Waals surface area (Å²) < 4.78 is 5.14. The van der Waals surface area contributed by atoms with E-state index in [0.717, 1.165) is 5.56 Å². The molecule has 1 aromatic heterocycles. The molecule has 1 heterocycles. The summed E-state index contributed by atoms with van der Waals surface area (Å²) in [4.78, 5) is 0. The van der Waals surface area contributed by atoms with Crippen LogP contribution in [0.25, 0.3) is 0 Å². The Morgan fingerprint density at radius 1 is 1.32 bits per heavy atom. The molecule has 0 aliphatic carbocycles. The Hall–Kier alpha value is -2.09. The van der Waals surface area contributed by atoms with Crippen molar-refractivity contribution in [2.75, 3.05) is 6.54 Å². The average Bonchev–Trinajstić information content (AvgIpc) is 2.98. The monoisotopic (exact) mass is 256 g/mol. The molecule has 0 bridgehead atoms. The standard InChI is InChI=1S/C15H16N2O2/c1-11(13-6-4-12(9-16)5-7-13)17-10-14(18)15-3-2-8-19-15/h2-8,11,14,17-18H,10H2,1H3. The van der Waals surface area contributed by atoms with Gasteiger partial charge in [-0.05, 0) is 36.8 Å². The molecule has 2 rings (SSSR count). The van der Waals surface area contributed by atoms with Crippen LogP contribution in [0.1, 0.15) is 36.0 Å². The Morgan fingerprint density at radius 2 is 2.05 bits per heavy atom. The van der Waals surface area contributed by atoms with Crippen molar-refractivity contribution >= 4 is 0 Å². The van der Waals surface area contributed by atoms with Gasteiger partial charge in [-0.25, -0.2) is 0 Å². The minimum atomic E-state index is -0.657. The fourth-order valence-corrected chi connectivity index (χ4v) is 1.83. The molecule has 2 atom stereocenters. The summed E-state index contributed by atoms with van der Waals surface area (Å²) >= 11 is 0. The second-order valence-electron chi connectivity index (χ2n) is 4.39. The molecule has 0 aliphatic heterocycles. The lowest BCUT2D eigenvalue weighted by Crippen LogP contribution is -2.24. The van der Waals surface area contributed by atoms with Crippen molar-refractivity contribution in [3.05, 3.63) is 59.5 Å². The molecule has 98 valence electrons. The van der Waals surface area contributed by atoms with Gasteiger partial charge in [0, 0.05) is 12.6 Å². The first-order valence-corrected chi connectivity index (χ1v) is 6.15. The highest BCUT2D eigenvalue weighted by atomic mass is 16.4. The summed E-state index contributed by atoms with van der Waals surface area (Å²) in [5.74, 6) is 0.555. The molecule has 0 fully saturated rings. The maximum atomic E-state index is 9.89. The van der Waals surface area contributed by atoms with Gasteiger partial charge in [0.25, 0.3) is 0 Å². The molecule has 2 aromatic rings.